The van der Waals surface area contributed by atoms with Gasteiger partial charge >= 0.3 is 6.36 Å². The summed E-state index contributed by atoms with van der Waals surface area (Å²) in [5.41, 5.74) is 0.0538. The predicted molar refractivity (Wildman–Crippen MR) is 122 cm³/mol. The number of benzene rings is 1. The topological polar surface area (TPSA) is 115 Å². The van der Waals surface area contributed by atoms with Gasteiger partial charge in [-0.25, -0.2) is 0 Å². The molecule has 4 saturated carbocycles. The SMILES string of the molecule is O=C(NC12CC(NC(=O)[C@H]3C[C@@H](O)c4cc(Cl)ccc4O3)(C1)C2)c1cnn([C@H]2C[C@@H](OC(F)(F)F)C2)c1. The molecular weight excluding hydrogens is 517 g/mol. The van der Waals surface area contributed by atoms with Crippen LogP contribution < -0.4 is 15.4 Å². The molecule has 1 aliphatic heterocycles. The van der Waals surface area contributed by atoms with Gasteiger partial charge in [0.1, 0.15) is 5.75 Å². The van der Waals surface area contributed by atoms with Gasteiger partial charge in [0.25, 0.3) is 11.8 Å². The number of nitrogens with one attached hydrogen (secondary N) is 2. The number of aliphatic hydroxyl groups excluding tert-OH is 1. The maximum Gasteiger partial charge on any atom is 0.522 e. The summed E-state index contributed by atoms with van der Waals surface area (Å²) in [6.07, 6.45) is -2.12. The number of carbonyl (C=O) groups excluding carboxylic acids is 2. The Bertz CT molecular complexity index is 1240. The summed E-state index contributed by atoms with van der Waals surface area (Å²) >= 11 is 5.98. The largest absolute Gasteiger partial charge is 0.522 e. The van der Waals surface area contributed by atoms with Gasteiger partial charge in [-0.3, -0.25) is 19.0 Å². The van der Waals surface area contributed by atoms with Crippen LogP contribution in [-0.2, 0) is 9.53 Å². The van der Waals surface area contributed by atoms with E-state index in [1.165, 1.54) is 17.1 Å². The molecule has 2 bridgehead atoms. The van der Waals surface area contributed by atoms with Crippen LogP contribution in [0, 0.1) is 0 Å². The van der Waals surface area contributed by atoms with Crippen molar-refractivity contribution in [3.05, 3.63) is 46.7 Å². The molecule has 4 aliphatic carbocycles. The van der Waals surface area contributed by atoms with E-state index in [2.05, 4.69) is 20.5 Å². The first-order valence-corrected chi connectivity index (χ1v) is 12.4. The van der Waals surface area contributed by atoms with E-state index >= 15 is 0 Å². The molecule has 0 radical (unpaired) electrons. The van der Waals surface area contributed by atoms with Crippen LogP contribution in [0.1, 0.15) is 66.6 Å². The minimum Gasteiger partial charge on any atom is -0.480 e. The number of nitrogens with zero attached hydrogens (tertiary/aromatic N) is 2. The zero-order chi connectivity index (χ0) is 26.2. The second-order valence-corrected chi connectivity index (χ2v) is 11.0. The van der Waals surface area contributed by atoms with Crippen molar-refractivity contribution in [2.45, 2.75) is 80.3 Å². The van der Waals surface area contributed by atoms with Gasteiger partial charge in [0, 0.05) is 34.3 Å². The van der Waals surface area contributed by atoms with E-state index in [4.69, 9.17) is 16.3 Å². The number of fused-ring (bicyclic) bond motifs is 1. The van der Waals surface area contributed by atoms with E-state index in [0.29, 0.717) is 41.2 Å². The van der Waals surface area contributed by atoms with E-state index in [1.54, 1.807) is 18.2 Å². The number of aliphatic hydroxyl groups is 1. The van der Waals surface area contributed by atoms with Crippen molar-refractivity contribution in [1.82, 2.24) is 20.4 Å². The summed E-state index contributed by atoms with van der Waals surface area (Å²) in [6.45, 7) is 0. The molecule has 1 aromatic heterocycles. The number of alkyl halides is 3. The van der Waals surface area contributed by atoms with Crippen molar-refractivity contribution in [2.24, 2.45) is 0 Å². The molecule has 7 rings (SSSR count). The van der Waals surface area contributed by atoms with E-state index in [9.17, 15) is 27.9 Å². The Kier molecular flexibility index (Phi) is 5.52. The van der Waals surface area contributed by atoms with Gasteiger partial charge in [-0.1, -0.05) is 11.6 Å². The molecule has 198 valence electrons. The number of ether oxygens (including phenoxy) is 2. The van der Waals surface area contributed by atoms with Gasteiger partial charge in [0.15, 0.2) is 6.10 Å². The van der Waals surface area contributed by atoms with E-state index in [-0.39, 0.29) is 37.1 Å². The Labute approximate surface area is 214 Å². The van der Waals surface area contributed by atoms with Crippen LogP contribution in [0.3, 0.4) is 0 Å². The van der Waals surface area contributed by atoms with E-state index in [0.717, 1.165) is 0 Å². The fraction of sp³-hybridized carbons (Fsp3) is 0.542. The van der Waals surface area contributed by atoms with Crippen molar-refractivity contribution in [3.8, 4) is 5.75 Å². The molecule has 5 aliphatic rings. The predicted octanol–water partition coefficient (Wildman–Crippen LogP) is 3.18. The van der Waals surface area contributed by atoms with Crippen molar-refractivity contribution < 1.29 is 37.3 Å². The molecule has 0 spiro atoms. The Morgan fingerprint density at radius 1 is 1.16 bits per heavy atom. The molecule has 2 aromatic rings. The van der Waals surface area contributed by atoms with Crippen molar-refractivity contribution in [1.29, 1.82) is 0 Å². The molecular formula is C24H24ClF3N4O5. The van der Waals surface area contributed by atoms with Crippen LogP contribution >= 0.6 is 11.6 Å². The molecule has 1 aromatic carbocycles. The van der Waals surface area contributed by atoms with Gasteiger partial charge in [-0.15, -0.1) is 13.2 Å². The monoisotopic (exact) mass is 540 g/mol. The smallest absolute Gasteiger partial charge is 0.480 e. The second-order valence-electron chi connectivity index (χ2n) is 10.6. The fourth-order valence-corrected chi connectivity index (χ4v) is 6.16. The van der Waals surface area contributed by atoms with Crippen LogP contribution in [0.4, 0.5) is 13.2 Å². The van der Waals surface area contributed by atoms with Gasteiger partial charge < -0.3 is 20.5 Å². The summed E-state index contributed by atoms with van der Waals surface area (Å²) in [5.74, 6) is -0.202. The second kappa shape index (κ2) is 8.34. The molecule has 2 amide bonds. The van der Waals surface area contributed by atoms with Crippen LogP contribution in [0.25, 0.3) is 0 Å². The van der Waals surface area contributed by atoms with Crippen LogP contribution in [0.2, 0.25) is 5.02 Å². The van der Waals surface area contributed by atoms with Gasteiger partial charge in [-0.2, -0.15) is 5.10 Å². The third kappa shape index (κ3) is 4.55. The molecule has 2 atom stereocenters. The normalized spacial score (nSPS) is 33.6. The zero-order valence-corrected chi connectivity index (χ0v) is 20.2. The molecule has 37 heavy (non-hydrogen) atoms. The summed E-state index contributed by atoms with van der Waals surface area (Å²) in [6, 6.07) is 4.65. The Balaban J connectivity index is 0.983. The lowest BCUT2D eigenvalue weighted by molar-refractivity contribution is -0.353. The van der Waals surface area contributed by atoms with Crippen LogP contribution in [0.5, 0.6) is 5.75 Å². The standard InChI is InChI=1S/C24H24ClF3N4O5/c25-13-1-2-18-16(3-13)17(33)6-19(36-18)21(35)31-23-9-22(10-23,11-23)30-20(34)12-7-29-32(8-12)14-4-15(5-14)37-24(26,27)28/h1-3,7-8,14-15,17,19,33H,4-6,9-11H2,(H,30,34)(H,31,35)/t14-,15+,17-,19-,22?,23?/m1/s1. The Morgan fingerprint density at radius 2 is 1.86 bits per heavy atom. The average Bonchev–Trinajstić information content (AvgIpc) is 3.23. The number of hydrogen-bond acceptors (Lipinski definition) is 6. The molecule has 0 saturated heterocycles. The lowest BCUT2D eigenvalue weighted by atomic mass is 9.44. The molecule has 2 heterocycles. The highest BCUT2D eigenvalue weighted by molar-refractivity contribution is 6.30. The lowest BCUT2D eigenvalue weighted by Crippen LogP contribution is -2.84. The number of hydrogen-bond donors (Lipinski definition) is 3. The average molecular weight is 541 g/mol. The highest BCUT2D eigenvalue weighted by atomic mass is 35.5. The maximum atomic E-state index is 12.9. The third-order valence-electron chi connectivity index (χ3n) is 7.74. The number of rotatable bonds is 6. The quantitative estimate of drug-likeness (QED) is 0.518. The number of carbonyl (C=O) groups is 2. The summed E-state index contributed by atoms with van der Waals surface area (Å²) in [4.78, 5) is 25.6. The molecule has 9 nitrogen and oxygen atoms in total. The first kappa shape index (κ1) is 24.5. The van der Waals surface area contributed by atoms with Gasteiger partial charge in [0.05, 0.1) is 30.0 Å². The molecule has 0 unspecified atom stereocenters. The Hall–Kier alpha value is -2.83. The van der Waals surface area contributed by atoms with Crippen molar-refractivity contribution >= 4 is 23.4 Å². The number of halogens is 4. The summed E-state index contributed by atoms with van der Waals surface area (Å²) < 4.78 is 48.2. The molecule has 4 fully saturated rings. The van der Waals surface area contributed by atoms with Crippen molar-refractivity contribution in [2.75, 3.05) is 0 Å². The first-order valence-electron chi connectivity index (χ1n) is 12.0. The Morgan fingerprint density at radius 3 is 2.57 bits per heavy atom. The minimum absolute atomic E-state index is 0.116. The van der Waals surface area contributed by atoms with Crippen LogP contribution in [-0.4, -0.2) is 56.3 Å². The van der Waals surface area contributed by atoms with Gasteiger partial charge in [0.2, 0.25) is 0 Å². The zero-order valence-electron chi connectivity index (χ0n) is 19.4. The molecule has 3 N–H and O–H groups in total. The van der Waals surface area contributed by atoms with E-state index < -0.39 is 35.8 Å². The lowest BCUT2D eigenvalue weighted by Gasteiger charge is -2.70. The first-order chi connectivity index (χ1) is 17.4. The third-order valence-corrected chi connectivity index (χ3v) is 7.97. The number of amides is 2. The minimum atomic E-state index is -4.66. The van der Waals surface area contributed by atoms with Crippen molar-refractivity contribution in [3.63, 3.8) is 0 Å². The number of aromatic nitrogens is 2. The van der Waals surface area contributed by atoms with E-state index in [1.807, 2.05) is 0 Å². The van der Waals surface area contributed by atoms with Crippen LogP contribution in [0.15, 0.2) is 30.6 Å². The highest BCUT2D eigenvalue weighted by Crippen LogP contribution is 2.60. The fourth-order valence-electron chi connectivity index (χ4n) is 5.98. The highest BCUT2D eigenvalue weighted by Gasteiger charge is 2.69. The molecule has 13 heteroatoms. The summed E-state index contributed by atoms with van der Waals surface area (Å²) in [7, 11) is 0. The summed E-state index contributed by atoms with van der Waals surface area (Å²) in [5, 5.41) is 21.1. The maximum absolute atomic E-state index is 12.9. The van der Waals surface area contributed by atoms with Gasteiger partial charge in [-0.05, 0) is 50.3 Å².